The van der Waals surface area contributed by atoms with Gasteiger partial charge in [-0.25, -0.2) is 4.79 Å². The smallest absolute Gasteiger partial charge is 0.326 e. The molecule has 0 aliphatic heterocycles. The van der Waals surface area contributed by atoms with Gasteiger partial charge in [-0.1, -0.05) is 12.8 Å². The van der Waals surface area contributed by atoms with Crippen LogP contribution in [0.2, 0.25) is 0 Å². The van der Waals surface area contributed by atoms with Crippen LogP contribution in [0.25, 0.3) is 0 Å². The van der Waals surface area contributed by atoms with E-state index >= 15 is 0 Å². The van der Waals surface area contributed by atoms with Crippen LogP contribution in [-0.2, 0) is 9.59 Å². The molecule has 4 nitrogen and oxygen atoms in total. The van der Waals surface area contributed by atoms with Crippen molar-refractivity contribution in [3.63, 3.8) is 0 Å². The molecule has 0 aliphatic carbocycles. The Hall–Kier alpha value is -1.50. The number of carbonyl (C=O) groups is 2. The lowest BCUT2D eigenvalue weighted by atomic mass is 10.2. The molecular formula is C8H11NO3. The van der Waals surface area contributed by atoms with Crippen molar-refractivity contribution in [2.75, 3.05) is 0 Å². The summed E-state index contributed by atoms with van der Waals surface area (Å²) in [5.74, 6) is 0.668. The second kappa shape index (κ2) is 5.19. The zero-order valence-corrected chi connectivity index (χ0v) is 6.83. The van der Waals surface area contributed by atoms with Crippen LogP contribution in [0.1, 0.15) is 19.8 Å². The fourth-order valence-corrected chi connectivity index (χ4v) is 0.676. The number of amides is 1. The van der Waals surface area contributed by atoms with Gasteiger partial charge in [0.1, 0.15) is 6.04 Å². The van der Waals surface area contributed by atoms with Crippen molar-refractivity contribution in [3.8, 4) is 12.3 Å². The first-order valence-electron chi connectivity index (χ1n) is 3.57. The first-order valence-corrected chi connectivity index (χ1v) is 3.57. The van der Waals surface area contributed by atoms with Gasteiger partial charge < -0.3 is 10.4 Å². The quantitative estimate of drug-likeness (QED) is 0.581. The molecule has 0 aromatic heterocycles. The SMILES string of the molecule is C#CCC(=O)NC(CC)C(=O)O. The highest BCUT2D eigenvalue weighted by molar-refractivity contribution is 5.84. The monoisotopic (exact) mass is 169 g/mol. The van der Waals surface area contributed by atoms with Crippen LogP contribution in [0.5, 0.6) is 0 Å². The summed E-state index contributed by atoms with van der Waals surface area (Å²) in [5.41, 5.74) is 0. The third-order valence-corrected chi connectivity index (χ3v) is 1.30. The van der Waals surface area contributed by atoms with Gasteiger partial charge in [0.05, 0.1) is 6.42 Å². The Labute approximate surface area is 71.0 Å². The van der Waals surface area contributed by atoms with E-state index < -0.39 is 17.9 Å². The van der Waals surface area contributed by atoms with Gasteiger partial charge in [0.15, 0.2) is 0 Å². The molecule has 1 amide bonds. The maximum atomic E-state index is 10.8. The van der Waals surface area contributed by atoms with E-state index in [2.05, 4.69) is 11.2 Å². The zero-order valence-electron chi connectivity index (χ0n) is 6.83. The van der Waals surface area contributed by atoms with Gasteiger partial charge >= 0.3 is 5.97 Å². The molecule has 0 aromatic rings. The van der Waals surface area contributed by atoms with E-state index in [-0.39, 0.29) is 6.42 Å². The molecule has 66 valence electrons. The van der Waals surface area contributed by atoms with Crippen molar-refractivity contribution in [3.05, 3.63) is 0 Å². The summed E-state index contributed by atoms with van der Waals surface area (Å²) in [4.78, 5) is 21.2. The largest absolute Gasteiger partial charge is 0.480 e. The molecule has 0 saturated carbocycles. The fraction of sp³-hybridized carbons (Fsp3) is 0.500. The summed E-state index contributed by atoms with van der Waals surface area (Å²) in [7, 11) is 0. The topological polar surface area (TPSA) is 66.4 Å². The van der Waals surface area contributed by atoms with Crippen LogP contribution >= 0.6 is 0 Å². The second-order valence-electron chi connectivity index (χ2n) is 2.25. The zero-order chi connectivity index (χ0) is 9.56. The standard InChI is InChI=1S/C8H11NO3/c1-3-5-7(10)9-6(4-2)8(11)12/h1,6H,4-5H2,2H3,(H,9,10)(H,11,12). The van der Waals surface area contributed by atoms with E-state index in [1.807, 2.05) is 0 Å². The first-order chi connectivity index (χ1) is 5.61. The van der Waals surface area contributed by atoms with Crippen molar-refractivity contribution in [1.82, 2.24) is 5.32 Å². The third kappa shape index (κ3) is 3.62. The molecule has 0 fully saturated rings. The van der Waals surface area contributed by atoms with Gasteiger partial charge in [-0.05, 0) is 6.42 Å². The molecule has 0 rings (SSSR count). The van der Waals surface area contributed by atoms with Crippen LogP contribution in [-0.4, -0.2) is 23.0 Å². The number of aliphatic carboxylic acids is 1. The number of rotatable bonds is 4. The van der Waals surface area contributed by atoms with Crippen molar-refractivity contribution >= 4 is 11.9 Å². The number of carboxylic acids is 1. The molecule has 0 saturated heterocycles. The molecule has 0 radical (unpaired) electrons. The number of carboxylic acid groups (broad SMARTS) is 1. The van der Waals surface area contributed by atoms with Gasteiger partial charge in [0.25, 0.3) is 0 Å². The van der Waals surface area contributed by atoms with Crippen molar-refractivity contribution in [2.24, 2.45) is 0 Å². The maximum Gasteiger partial charge on any atom is 0.326 e. The second-order valence-corrected chi connectivity index (χ2v) is 2.25. The molecular weight excluding hydrogens is 158 g/mol. The summed E-state index contributed by atoms with van der Waals surface area (Å²) in [6, 6.07) is -0.828. The number of carbonyl (C=O) groups excluding carboxylic acids is 1. The number of hydrogen-bond acceptors (Lipinski definition) is 2. The molecule has 12 heavy (non-hydrogen) atoms. The number of hydrogen-bond donors (Lipinski definition) is 2. The molecule has 0 heterocycles. The molecule has 0 bridgehead atoms. The van der Waals surface area contributed by atoms with E-state index in [4.69, 9.17) is 11.5 Å². The minimum atomic E-state index is -1.04. The first kappa shape index (κ1) is 10.5. The Morgan fingerprint density at radius 1 is 1.67 bits per heavy atom. The highest BCUT2D eigenvalue weighted by atomic mass is 16.4. The van der Waals surface area contributed by atoms with E-state index in [0.29, 0.717) is 6.42 Å². The highest BCUT2D eigenvalue weighted by Gasteiger charge is 2.16. The van der Waals surface area contributed by atoms with Crippen LogP contribution in [0, 0.1) is 12.3 Å². The van der Waals surface area contributed by atoms with Crippen LogP contribution < -0.4 is 5.32 Å². The van der Waals surface area contributed by atoms with Crippen molar-refractivity contribution < 1.29 is 14.7 Å². The Morgan fingerprint density at radius 2 is 2.25 bits per heavy atom. The Balaban J connectivity index is 3.96. The lowest BCUT2D eigenvalue weighted by Gasteiger charge is -2.10. The summed E-state index contributed by atoms with van der Waals surface area (Å²) < 4.78 is 0. The average molecular weight is 169 g/mol. The van der Waals surface area contributed by atoms with E-state index in [1.54, 1.807) is 6.92 Å². The number of terminal acetylenes is 1. The molecule has 2 N–H and O–H groups in total. The van der Waals surface area contributed by atoms with Crippen molar-refractivity contribution in [1.29, 1.82) is 0 Å². The fourth-order valence-electron chi connectivity index (χ4n) is 0.676. The molecule has 0 aliphatic rings. The lowest BCUT2D eigenvalue weighted by Crippen LogP contribution is -2.39. The van der Waals surface area contributed by atoms with E-state index in [9.17, 15) is 9.59 Å². The predicted molar refractivity (Wildman–Crippen MR) is 43.3 cm³/mol. The minimum Gasteiger partial charge on any atom is -0.480 e. The Bertz CT molecular complexity index is 217. The van der Waals surface area contributed by atoms with E-state index in [0.717, 1.165) is 0 Å². The van der Waals surface area contributed by atoms with Crippen molar-refractivity contribution in [2.45, 2.75) is 25.8 Å². The predicted octanol–water partition coefficient (Wildman–Crippen LogP) is -0.0109. The van der Waals surface area contributed by atoms with Crippen LogP contribution in [0.15, 0.2) is 0 Å². The van der Waals surface area contributed by atoms with Gasteiger partial charge in [0, 0.05) is 0 Å². The van der Waals surface area contributed by atoms with Gasteiger partial charge in [-0.2, -0.15) is 0 Å². The molecule has 1 unspecified atom stereocenters. The van der Waals surface area contributed by atoms with Gasteiger partial charge in [-0.15, -0.1) is 6.42 Å². The molecule has 0 spiro atoms. The molecule has 4 heteroatoms. The van der Waals surface area contributed by atoms with Gasteiger partial charge in [-0.3, -0.25) is 4.79 Å². The minimum absolute atomic E-state index is 0.0796. The third-order valence-electron chi connectivity index (χ3n) is 1.30. The highest BCUT2D eigenvalue weighted by Crippen LogP contribution is 1.91. The Morgan fingerprint density at radius 3 is 2.58 bits per heavy atom. The maximum absolute atomic E-state index is 10.8. The Kier molecular flexibility index (Phi) is 4.54. The lowest BCUT2D eigenvalue weighted by molar-refractivity contribution is -0.141. The van der Waals surface area contributed by atoms with Gasteiger partial charge in [0.2, 0.25) is 5.91 Å². The van der Waals surface area contributed by atoms with Crippen LogP contribution in [0.3, 0.4) is 0 Å². The summed E-state index contributed by atoms with van der Waals surface area (Å²) in [5, 5.41) is 10.8. The normalized spacial score (nSPS) is 11.3. The molecule has 0 aromatic carbocycles. The number of nitrogens with one attached hydrogen (secondary N) is 1. The summed E-state index contributed by atoms with van der Waals surface area (Å²) in [6.45, 7) is 1.68. The van der Waals surface area contributed by atoms with Crippen LogP contribution in [0.4, 0.5) is 0 Å². The summed E-state index contributed by atoms with van der Waals surface area (Å²) in [6.07, 6.45) is 5.14. The summed E-state index contributed by atoms with van der Waals surface area (Å²) >= 11 is 0. The molecule has 1 atom stereocenters. The average Bonchev–Trinajstić information content (AvgIpc) is 2.00. The van der Waals surface area contributed by atoms with E-state index in [1.165, 1.54) is 0 Å².